The van der Waals surface area contributed by atoms with Crippen LogP contribution in [0.4, 0.5) is 22.0 Å². The van der Waals surface area contributed by atoms with E-state index in [1.54, 1.807) is 0 Å². The molecule has 0 atom stereocenters. The van der Waals surface area contributed by atoms with Crippen LogP contribution in [-0.4, -0.2) is 26.8 Å². The lowest BCUT2D eigenvalue weighted by atomic mass is 10.3. The van der Waals surface area contributed by atoms with Gasteiger partial charge in [-0.15, -0.1) is 0 Å². The lowest BCUT2D eigenvalue weighted by Crippen LogP contribution is -2.42. The average Bonchev–Trinajstić information content (AvgIpc) is 2.66. The molecule has 0 radical (unpaired) electrons. The van der Waals surface area contributed by atoms with Gasteiger partial charge in [0.15, 0.2) is 11.4 Å². The zero-order valence-corrected chi connectivity index (χ0v) is 8.53. The Hall–Kier alpha value is -2.69. The predicted octanol–water partition coefficient (Wildman–Crippen LogP) is 1.44. The van der Waals surface area contributed by atoms with Crippen LogP contribution in [0.3, 0.4) is 0 Å². The van der Waals surface area contributed by atoms with E-state index >= 15 is 0 Å². The van der Waals surface area contributed by atoms with E-state index in [2.05, 4.69) is 4.98 Å². The normalized spacial score (nSPS) is 11.7. The molecule has 1 aromatic heterocycles. The maximum absolute atomic E-state index is 13.2. The van der Waals surface area contributed by atoms with Crippen molar-refractivity contribution in [2.75, 3.05) is 0 Å². The Morgan fingerprint density at radius 3 is 2.05 bits per heavy atom. The molecule has 0 spiro atoms. The molecule has 0 aliphatic rings. The van der Waals surface area contributed by atoms with Gasteiger partial charge in [0.05, 0.1) is 0 Å². The topological polar surface area (TPSA) is 103 Å². The number of aromatic nitrogens is 2. The van der Waals surface area contributed by atoms with E-state index < -0.39 is 40.0 Å². The third-order valence-electron chi connectivity index (χ3n) is 1.90. The Kier molecular flexibility index (Phi) is 3.18. The number of hydrogen-bond donors (Lipinski definition) is 1. The highest BCUT2D eigenvalue weighted by molar-refractivity contribution is 5.84. The van der Waals surface area contributed by atoms with Crippen LogP contribution in [0, 0.1) is 22.7 Å². The summed E-state index contributed by atoms with van der Waals surface area (Å²) in [7, 11) is 0. The number of alkyl halides is 5. The molecule has 0 unspecified atom stereocenters. The zero-order chi connectivity index (χ0) is 15.0. The number of imidazole rings is 1. The number of nitriles is 2. The Morgan fingerprint density at radius 2 is 1.74 bits per heavy atom. The zero-order valence-electron chi connectivity index (χ0n) is 8.53. The lowest BCUT2D eigenvalue weighted by Gasteiger charge is -2.22. The monoisotopic (exact) mass is 280 g/mol. The van der Waals surface area contributed by atoms with Gasteiger partial charge in [0, 0.05) is 0 Å². The number of halogens is 5. The summed E-state index contributed by atoms with van der Waals surface area (Å²) in [6.45, 7) is 0. The Balaban J connectivity index is 3.78. The number of nitrogens with zero attached hydrogens (tertiary/aromatic N) is 4. The van der Waals surface area contributed by atoms with Gasteiger partial charge in [-0.3, -0.25) is 0 Å². The molecule has 11 heteroatoms. The van der Waals surface area contributed by atoms with Crippen molar-refractivity contribution in [2.24, 2.45) is 0 Å². The van der Waals surface area contributed by atoms with Crippen LogP contribution < -0.4 is 0 Å². The molecule has 0 fully saturated rings. The van der Waals surface area contributed by atoms with Crippen LogP contribution in [-0.2, 0) is 6.05 Å². The van der Waals surface area contributed by atoms with Crippen molar-refractivity contribution in [2.45, 2.75) is 12.2 Å². The van der Waals surface area contributed by atoms with Gasteiger partial charge in [-0.2, -0.15) is 32.5 Å². The highest BCUT2D eigenvalue weighted by Crippen LogP contribution is 2.41. The minimum Gasteiger partial charge on any atom is -0.475 e. The second kappa shape index (κ2) is 4.20. The maximum Gasteiger partial charge on any atom is 0.475 e. The fourth-order valence-corrected chi connectivity index (χ4v) is 1.15. The first-order valence-corrected chi connectivity index (χ1v) is 4.19. The molecular weight excluding hydrogens is 279 g/mol. The van der Waals surface area contributed by atoms with Gasteiger partial charge in [0.25, 0.3) is 0 Å². The summed E-state index contributed by atoms with van der Waals surface area (Å²) in [5.74, 6) is -3.99. The molecule has 19 heavy (non-hydrogen) atoms. The van der Waals surface area contributed by atoms with Crippen LogP contribution in [0.1, 0.15) is 22.0 Å². The number of carboxylic acid groups (broad SMARTS) is 1. The fraction of sp³-hybridized carbons (Fsp3) is 0.250. The van der Waals surface area contributed by atoms with Crippen LogP contribution in [0.5, 0.6) is 0 Å². The summed E-state index contributed by atoms with van der Waals surface area (Å²) >= 11 is 0. The van der Waals surface area contributed by atoms with Crippen molar-refractivity contribution >= 4 is 5.97 Å². The van der Waals surface area contributed by atoms with Crippen LogP contribution in [0.2, 0.25) is 0 Å². The summed E-state index contributed by atoms with van der Waals surface area (Å²) in [6.07, 6.45) is -6.16. The van der Waals surface area contributed by atoms with Gasteiger partial charge in [0.1, 0.15) is 12.1 Å². The summed E-state index contributed by atoms with van der Waals surface area (Å²) in [4.78, 5) is 13.4. The van der Waals surface area contributed by atoms with E-state index in [9.17, 15) is 26.7 Å². The molecule has 0 saturated carbocycles. The van der Waals surface area contributed by atoms with E-state index in [4.69, 9.17) is 15.6 Å². The molecule has 0 aromatic carbocycles. The standard InChI is InChI=1S/C8HF5N4O2/c9-7(10,11)8(12,13)17-4(2-15)3(1-14)16-5(17)6(18)19/h(H,18,19). The van der Waals surface area contributed by atoms with E-state index in [0.717, 1.165) is 12.1 Å². The van der Waals surface area contributed by atoms with Crippen molar-refractivity contribution in [3.8, 4) is 12.1 Å². The van der Waals surface area contributed by atoms with Crippen LogP contribution in [0.15, 0.2) is 0 Å². The molecule has 1 rings (SSSR count). The van der Waals surface area contributed by atoms with Crippen molar-refractivity contribution < 1.29 is 31.9 Å². The molecule has 0 amide bonds. The van der Waals surface area contributed by atoms with Crippen molar-refractivity contribution in [1.29, 1.82) is 10.5 Å². The second-order valence-electron chi connectivity index (χ2n) is 3.04. The fourth-order valence-electron chi connectivity index (χ4n) is 1.15. The van der Waals surface area contributed by atoms with Crippen molar-refractivity contribution in [3.05, 3.63) is 17.2 Å². The molecule has 0 aliphatic carbocycles. The number of carboxylic acids is 1. The van der Waals surface area contributed by atoms with Crippen LogP contribution >= 0.6 is 0 Å². The second-order valence-corrected chi connectivity index (χ2v) is 3.04. The number of aromatic carboxylic acids is 1. The first-order valence-electron chi connectivity index (χ1n) is 4.19. The Bertz CT molecular complexity index is 619. The van der Waals surface area contributed by atoms with Crippen molar-refractivity contribution in [3.63, 3.8) is 0 Å². The summed E-state index contributed by atoms with van der Waals surface area (Å²) in [6, 6.07) is -3.72. The molecule has 0 bridgehead atoms. The molecule has 1 N–H and O–H groups in total. The smallest absolute Gasteiger partial charge is 0.475 e. The molecule has 0 saturated heterocycles. The Morgan fingerprint density at radius 1 is 1.21 bits per heavy atom. The first kappa shape index (κ1) is 14.4. The molecule has 100 valence electrons. The number of rotatable bonds is 2. The Labute approximate surface area is 100 Å². The summed E-state index contributed by atoms with van der Waals surface area (Å²) in [5.41, 5.74) is -2.62. The van der Waals surface area contributed by atoms with Gasteiger partial charge in [0.2, 0.25) is 5.82 Å². The molecular formula is C8HF5N4O2. The SMILES string of the molecule is N#Cc1nc(C(=O)O)n(C(F)(F)C(F)(F)F)c1C#N. The minimum absolute atomic E-state index is 0.903. The third-order valence-corrected chi connectivity index (χ3v) is 1.90. The van der Waals surface area contributed by atoms with Gasteiger partial charge >= 0.3 is 18.2 Å². The highest BCUT2D eigenvalue weighted by Gasteiger charge is 2.62. The average molecular weight is 280 g/mol. The van der Waals surface area contributed by atoms with Crippen LogP contribution in [0.25, 0.3) is 0 Å². The van der Waals surface area contributed by atoms with Gasteiger partial charge in [-0.25, -0.2) is 14.3 Å². The van der Waals surface area contributed by atoms with Gasteiger partial charge in [-0.05, 0) is 0 Å². The molecule has 6 nitrogen and oxygen atoms in total. The number of hydrogen-bond acceptors (Lipinski definition) is 4. The highest BCUT2D eigenvalue weighted by atomic mass is 19.4. The quantitative estimate of drug-likeness (QED) is 0.825. The predicted molar refractivity (Wildman–Crippen MR) is 44.9 cm³/mol. The van der Waals surface area contributed by atoms with Gasteiger partial charge < -0.3 is 5.11 Å². The largest absolute Gasteiger partial charge is 0.475 e. The minimum atomic E-state index is -6.16. The third kappa shape index (κ3) is 2.06. The van der Waals surface area contributed by atoms with E-state index in [1.807, 2.05) is 0 Å². The number of carbonyl (C=O) groups is 1. The molecule has 0 aliphatic heterocycles. The first-order chi connectivity index (χ1) is 8.57. The maximum atomic E-state index is 13.2. The van der Waals surface area contributed by atoms with Gasteiger partial charge in [-0.1, -0.05) is 0 Å². The van der Waals surface area contributed by atoms with E-state index in [-0.39, 0.29) is 0 Å². The molecule has 1 heterocycles. The summed E-state index contributed by atoms with van der Waals surface area (Å²) < 4.78 is 61.8. The van der Waals surface area contributed by atoms with E-state index in [0.29, 0.717) is 0 Å². The van der Waals surface area contributed by atoms with E-state index in [1.165, 1.54) is 0 Å². The molecule has 1 aromatic rings. The summed E-state index contributed by atoms with van der Waals surface area (Å²) in [5, 5.41) is 25.5. The lowest BCUT2D eigenvalue weighted by molar-refractivity contribution is -0.324. The van der Waals surface area contributed by atoms with Crippen molar-refractivity contribution in [1.82, 2.24) is 9.55 Å².